The van der Waals surface area contributed by atoms with Crippen LogP contribution in [0.1, 0.15) is 5.56 Å². The van der Waals surface area contributed by atoms with Crippen molar-refractivity contribution in [1.29, 1.82) is 0 Å². The molecule has 18 heavy (non-hydrogen) atoms. The van der Waals surface area contributed by atoms with E-state index in [1.54, 1.807) is 17.8 Å². The number of hydrogen-bond donors (Lipinski definition) is 2. The lowest BCUT2D eigenvalue weighted by Crippen LogP contribution is -2.46. The summed E-state index contributed by atoms with van der Waals surface area (Å²) >= 11 is 11.3. The van der Waals surface area contributed by atoms with Crippen molar-refractivity contribution in [2.75, 3.05) is 23.4 Å². The SMILES string of the molecule is Cc1cc(Br)c(NC(=O)C2CSCCN2)cc1Cl. The molecular formula is C12H14BrClN2OS. The first-order valence-electron chi connectivity index (χ1n) is 5.65. The number of amides is 1. The summed E-state index contributed by atoms with van der Waals surface area (Å²) in [6, 6.07) is 3.55. The Hall–Kier alpha value is -0.230. The molecule has 0 spiro atoms. The predicted molar refractivity (Wildman–Crippen MR) is 81.6 cm³/mol. The Bertz CT molecular complexity index is 464. The second-order valence-corrected chi connectivity index (χ2v) is 6.56. The highest BCUT2D eigenvalue weighted by atomic mass is 79.9. The molecule has 1 saturated heterocycles. The van der Waals surface area contributed by atoms with Gasteiger partial charge in [-0.05, 0) is 40.5 Å². The monoisotopic (exact) mass is 348 g/mol. The number of benzene rings is 1. The van der Waals surface area contributed by atoms with E-state index in [2.05, 4.69) is 26.6 Å². The van der Waals surface area contributed by atoms with Crippen molar-refractivity contribution in [2.45, 2.75) is 13.0 Å². The second-order valence-electron chi connectivity index (χ2n) is 4.15. The Labute approximate surface area is 124 Å². The van der Waals surface area contributed by atoms with Gasteiger partial charge >= 0.3 is 0 Å². The maximum absolute atomic E-state index is 12.1. The fraction of sp³-hybridized carbons (Fsp3) is 0.417. The van der Waals surface area contributed by atoms with Crippen LogP contribution in [0.25, 0.3) is 0 Å². The van der Waals surface area contributed by atoms with Crippen LogP contribution in [-0.4, -0.2) is 30.0 Å². The van der Waals surface area contributed by atoms with E-state index in [0.29, 0.717) is 10.7 Å². The van der Waals surface area contributed by atoms with Gasteiger partial charge in [-0.25, -0.2) is 0 Å². The average Bonchev–Trinajstić information content (AvgIpc) is 2.37. The molecule has 1 aromatic rings. The number of thioether (sulfide) groups is 1. The number of carbonyl (C=O) groups excluding carboxylic acids is 1. The van der Waals surface area contributed by atoms with Crippen LogP contribution < -0.4 is 10.6 Å². The third-order valence-electron chi connectivity index (χ3n) is 2.74. The van der Waals surface area contributed by atoms with Crippen LogP contribution in [0.5, 0.6) is 0 Å². The maximum atomic E-state index is 12.1. The van der Waals surface area contributed by atoms with Gasteiger partial charge in [-0.15, -0.1) is 0 Å². The van der Waals surface area contributed by atoms with E-state index in [1.165, 1.54) is 0 Å². The molecule has 2 rings (SSSR count). The summed E-state index contributed by atoms with van der Waals surface area (Å²) in [4.78, 5) is 12.1. The predicted octanol–water partition coefficient (Wildman–Crippen LogP) is 3.05. The quantitative estimate of drug-likeness (QED) is 0.862. The zero-order valence-corrected chi connectivity index (χ0v) is 13.1. The first kappa shape index (κ1) is 14.2. The van der Waals surface area contributed by atoms with Crippen LogP contribution >= 0.6 is 39.3 Å². The largest absolute Gasteiger partial charge is 0.324 e. The number of anilines is 1. The lowest BCUT2D eigenvalue weighted by molar-refractivity contribution is -0.117. The number of nitrogens with one attached hydrogen (secondary N) is 2. The Morgan fingerprint density at radius 1 is 1.61 bits per heavy atom. The van der Waals surface area contributed by atoms with E-state index in [-0.39, 0.29) is 11.9 Å². The molecule has 1 amide bonds. The minimum atomic E-state index is -0.129. The molecular weight excluding hydrogens is 336 g/mol. The molecule has 0 bridgehead atoms. The third-order valence-corrected chi connectivity index (χ3v) is 4.87. The summed E-state index contributed by atoms with van der Waals surface area (Å²) in [6.07, 6.45) is 0. The van der Waals surface area contributed by atoms with Crippen molar-refractivity contribution in [3.63, 3.8) is 0 Å². The molecule has 1 aliphatic rings. The van der Waals surface area contributed by atoms with Gasteiger partial charge in [-0.2, -0.15) is 11.8 Å². The van der Waals surface area contributed by atoms with Crippen LogP contribution in [0.4, 0.5) is 5.69 Å². The van der Waals surface area contributed by atoms with Crippen molar-refractivity contribution in [3.05, 3.63) is 27.2 Å². The first-order chi connectivity index (χ1) is 8.58. The summed E-state index contributed by atoms with van der Waals surface area (Å²) in [5.41, 5.74) is 1.70. The van der Waals surface area contributed by atoms with Gasteiger partial charge in [-0.3, -0.25) is 4.79 Å². The van der Waals surface area contributed by atoms with E-state index >= 15 is 0 Å². The number of aryl methyl sites for hydroxylation is 1. The molecule has 1 atom stereocenters. The summed E-state index contributed by atoms with van der Waals surface area (Å²) in [5, 5.41) is 6.76. The Morgan fingerprint density at radius 2 is 2.39 bits per heavy atom. The lowest BCUT2D eigenvalue weighted by atomic mass is 10.2. The molecule has 0 aliphatic carbocycles. The molecule has 1 aliphatic heterocycles. The van der Waals surface area contributed by atoms with E-state index in [0.717, 1.165) is 28.1 Å². The number of rotatable bonds is 2. The Balaban J connectivity index is 2.08. The van der Waals surface area contributed by atoms with Crippen molar-refractivity contribution in [3.8, 4) is 0 Å². The second kappa shape index (κ2) is 6.28. The lowest BCUT2D eigenvalue weighted by Gasteiger charge is -2.22. The van der Waals surface area contributed by atoms with Crippen molar-refractivity contribution >= 4 is 50.9 Å². The maximum Gasteiger partial charge on any atom is 0.242 e. The fourth-order valence-electron chi connectivity index (χ4n) is 1.70. The highest BCUT2D eigenvalue weighted by molar-refractivity contribution is 9.10. The number of halogens is 2. The minimum Gasteiger partial charge on any atom is -0.324 e. The van der Waals surface area contributed by atoms with Crippen molar-refractivity contribution in [2.24, 2.45) is 0 Å². The van der Waals surface area contributed by atoms with Gasteiger partial charge in [0.2, 0.25) is 5.91 Å². The minimum absolute atomic E-state index is 0.0113. The topological polar surface area (TPSA) is 41.1 Å². The van der Waals surface area contributed by atoms with Gasteiger partial charge in [0.25, 0.3) is 0 Å². The molecule has 0 radical (unpaired) electrons. The highest BCUT2D eigenvalue weighted by Crippen LogP contribution is 2.29. The van der Waals surface area contributed by atoms with Gasteiger partial charge in [0.15, 0.2) is 0 Å². The highest BCUT2D eigenvalue weighted by Gasteiger charge is 2.21. The Morgan fingerprint density at radius 3 is 3.06 bits per heavy atom. The van der Waals surface area contributed by atoms with E-state index in [4.69, 9.17) is 11.6 Å². The molecule has 1 fully saturated rings. The van der Waals surface area contributed by atoms with E-state index in [1.807, 2.05) is 13.0 Å². The van der Waals surface area contributed by atoms with Gasteiger partial charge in [0.1, 0.15) is 0 Å². The summed E-state index contributed by atoms with van der Waals surface area (Å²) < 4.78 is 0.848. The number of carbonyl (C=O) groups is 1. The number of hydrogen-bond acceptors (Lipinski definition) is 3. The van der Waals surface area contributed by atoms with Crippen molar-refractivity contribution < 1.29 is 4.79 Å². The summed E-state index contributed by atoms with van der Waals surface area (Å²) in [6.45, 7) is 2.80. The average molecular weight is 350 g/mol. The van der Waals surface area contributed by atoms with Crippen LogP contribution in [-0.2, 0) is 4.79 Å². The zero-order valence-electron chi connectivity index (χ0n) is 9.93. The normalized spacial score (nSPS) is 19.6. The molecule has 98 valence electrons. The zero-order chi connectivity index (χ0) is 13.1. The molecule has 0 saturated carbocycles. The molecule has 1 unspecified atom stereocenters. The van der Waals surface area contributed by atoms with Crippen LogP contribution in [0.2, 0.25) is 5.02 Å². The van der Waals surface area contributed by atoms with E-state index < -0.39 is 0 Å². The fourth-order valence-corrected chi connectivity index (χ4v) is 3.35. The molecule has 6 heteroatoms. The van der Waals surface area contributed by atoms with Gasteiger partial charge in [-0.1, -0.05) is 11.6 Å². The third kappa shape index (κ3) is 3.41. The van der Waals surface area contributed by atoms with Gasteiger partial charge in [0, 0.05) is 27.5 Å². The van der Waals surface area contributed by atoms with Crippen LogP contribution in [0.15, 0.2) is 16.6 Å². The van der Waals surface area contributed by atoms with Crippen LogP contribution in [0, 0.1) is 6.92 Å². The smallest absolute Gasteiger partial charge is 0.242 e. The van der Waals surface area contributed by atoms with Gasteiger partial charge in [0.05, 0.1) is 11.7 Å². The molecule has 0 aromatic heterocycles. The molecule has 3 nitrogen and oxygen atoms in total. The first-order valence-corrected chi connectivity index (χ1v) is 7.98. The molecule has 2 N–H and O–H groups in total. The standard InChI is InChI=1S/C12H14BrClN2OS/c1-7-4-8(13)10(5-9(7)14)16-12(17)11-6-18-3-2-15-11/h4-5,11,15H,2-3,6H2,1H3,(H,16,17). The summed E-state index contributed by atoms with van der Waals surface area (Å²) in [5.74, 6) is 1.86. The summed E-state index contributed by atoms with van der Waals surface area (Å²) in [7, 11) is 0. The van der Waals surface area contributed by atoms with E-state index in [9.17, 15) is 4.79 Å². The Kier molecular flexibility index (Phi) is 4.95. The molecule has 1 aromatic carbocycles. The molecule has 1 heterocycles. The van der Waals surface area contributed by atoms with Crippen LogP contribution in [0.3, 0.4) is 0 Å². The van der Waals surface area contributed by atoms with Crippen molar-refractivity contribution in [1.82, 2.24) is 5.32 Å². The van der Waals surface area contributed by atoms with Gasteiger partial charge < -0.3 is 10.6 Å².